The number of thioether (sulfide) groups is 1. The first-order valence-electron chi connectivity index (χ1n) is 6.39. The maximum Gasteiger partial charge on any atom is 0.242 e. The Morgan fingerprint density at radius 2 is 2.10 bits per heavy atom. The third-order valence-electron chi connectivity index (χ3n) is 2.43. The van der Waals surface area contributed by atoms with E-state index in [0.717, 1.165) is 11.5 Å². The summed E-state index contributed by atoms with van der Waals surface area (Å²) in [6.45, 7) is 4.10. The maximum absolute atomic E-state index is 12.4. The number of rotatable bonds is 6. The molecule has 0 saturated heterocycles. The zero-order valence-electron chi connectivity index (χ0n) is 11.7. The van der Waals surface area contributed by atoms with Gasteiger partial charge in [-0.3, -0.25) is 0 Å². The lowest BCUT2D eigenvalue weighted by Gasteiger charge is -2.14. The van der Waals surface area contributed by atoms with Crippen LogP contribution in [0.1, 0.15) is 19.4 Å². The first-order chi connectivity index (χ1) is 9.51. The van der Waals surface area contributed by atoms with Gasteiger partial charge in [-0.2, -0.15) is 11.8 Å². The van der Waals surface area contributed by atoms with Gasteiger partial charge < -0.3 is 5.73 Å². The van der Waals surface area contributed by atoms with Crippen molar-refractivity contribution in [2.75, 3.05) is 18.1 Å². The Balaban J connectivity index is 2.98. The summed E-state index contributed by atoms with van der Waals surface area (Å²) in [5.41, 5.74) is 5.80. The Bertz CT molecular complexity index is 589. The fraction of sp³-hybridized carbons (Fsp3) is 0.429. The van der Waals surface area contributed by atoms with Crippen molar-refractivity contribution in [3.05, 3.63) is 29.8 Å². The van der Waals surface area contributed by atoms with Crippen molar-refractivity contribution < 1.29 is 8.42 Å². The molecule has 0 aliphatic heterocycles. The quantitative estimate of drug-likeness (QED) is 0.779. The van der Waals surface area contributed by atoms with E-state index in [1.807, 2.05) is 13.8 Å². The van der Waals surface area contributed by atoms with Crippen molar-refractivity contribution in [1.82, 2.24) is 4.72 Å². The SMILES string of the molecule is CCSCC(C)NS(=O)(=O)c1ccccc1C#CCN. The smallest absolute Gasteiger partial charge is 0.242 e. The molecule has 1 aromatic carbocycles. The van der Waals surface area contributed by atoms with Crippen molar-refractivity contribution in [1.29, 1.82) is 0 Å². The molecular weight excluding hydrogens is 292 g/mol. The van der Waals surface area contributed by atoms with E-state index in [0.29, 0.717) is 5.56 Å². The van der Waals surface area contributed by atoms with Crippen LogP contribution < -0.4 is 10.5 Å². The Kier molecular flexibility index (Phi) is 7.10. The van der Waals surface area contributed by atoms with Gasteiger partial charge in [0, 0.05) is 17.4 Å². The van der Waals surface area contributed by atoms with Crippen LogP contribution >= 0.6 is 11.8 Å². The van der Waals surface area contributed by atoms with E-state index in [-0.39, 0.29) is 17.5 Å². The summed E-state index contributed by atoms with van der Waals surface area (Å²) >= 11 is 1.70. The molecule has 1 unspecified atom stereocenters. The zero-order chi connectivity index (χ0) is 15.0. The van der Waals surface area contributed by atoms with E-state index in [1.54, 1.807) is 36.0 Å². The molecule has 1 aromatic rings. The lowest BCUT2D eigenvalue weighted by atomic mass is 10.2. The first-order valence-corrected chi connectivity index (χ1v) is 9.03. The largest absolute Gasteiger partial charge is 0.320 e. The number of nitrogens with two attached hydrogens (primary N) is 1. The average Bonchev–Trinajstić information content (AvgIpc) is 2.42. The van der Waals surface area contributed by atoms with E-state index in [1.165, 1.54) is 0 Å². The highest BCUT2D eigenvalue weighted by atomic mass is 32.2. The predicted octanol–water partition coefficient (Wildman–Crippen LogP) is 1.42. The van der Waals surface area contributed by atoms with Crippen LogP contribution in [0.5, 0.6) is 0 Å². The molecule has 0 spiro atoms. The lowest BCUT2D eigenvalue weighted by Crippen LogP contribution is -2.34. The van der Waals surface area contributed by atoms with Crippen LogP contribution in [0.3, 0.4) is 0 Å². The summed E-state index contributed by atoms with van der Waals surface area (Å²) < 4.78 is 27.4. The van der Waals surface area contributed by atoms with Gasteiger partial charge in [-0.15, -0.1) is 0 Å². The van der Waals surface area contributed by atoms with Crippen LogP contribution in [0, 0.1) is 11.8 Å². The third kappa shape index (κ3) is 5.17. The minimum absolute atomic E-state index is 0.125. The molecule has 1 atom stereocenters. The number of nitrogens with one attached hydrogen (secondary N) is 1. The standard InChI is InChI=1S/C14H20N2O2S2/c1-3-19-11-12(2)16-20(17,18)14-9-5-4-7-13(14)8-6-10-15/h4-5,7,9,12,16H,3,10-11,15H2,1-2H3. The summed E-state index contributed by atoms with van der Waals surface area (Å²) in [6.07, 6.45) is 0. The molecule has 0 fully saturated rings. The summed E-state index contributed by atoms with van der Waals surface area (Å²) in [4.78, 5) is 0.203. The monoisotopic (exact) mass is 312 g/mol. The van der Waals surface area contributed by atoms with Crippen molar-refractivity contribution in [2.45, 2.75) is 24.8 Å². The Morgan fingerprint density at radius 1 is 1.40 bits per heavy atom. The summed E-state index contributed by atoms with van der Waals surface area (Å²) in [5.74, 6) is 7.19. The van der Waals surface area contributed by atoms with E-state index in [9.17, 15) is 8.42 Å². The molecule has 0 saturated carbocycles. The number of hydrogen-bond donors (Lipinski definition) is 2. The van der Waals surface area contributed by atoms with Gasteiger partial charge in [-0.05, 0) is 24.8 Å². The Labute approximate surface area is 125 Å². The van der Waals surface area contributed by atoms with Crippen LogP contribution in [0.4, 0.5) is 0 Å². The zero-order valence-corrected chi connectivity index (χ0v) is 13.4. The van der Waals surface area contributed by atoms with E-state index in [4.69, 9.17) is 5.73 Å². The van der Waals surface area contributed by atoms with Crippen LogP contribution in [0.25, 0.3) is 0 Å². The van der Waals surface area contributed by atoms with Crippen molar-refractivity contribution in [3.8, 4) is 11.8 Å². The molecule has 110 valence electrons. The van der Waals surface area contributed by atoms with Gasteiger partial charge in [0.25, 0.3) is 0 Å². The number of hydrogen-bond acceptors (Lipinski definition) is 4. The average molecular weight is 312 g/mol. The van der Waals surface area contributed by atoms with E-state index < -0.39 is 10.0 Å². The molecule has 6 heteroatoms. The topological polar surface area (TPSA) is 72.2 Å². The summed E-state index contributed by atoms with van der Waals surface area (Å²) in [5, 5.41) is 0. The van der Waals surface area contributed by atoms with Crippen molar-refractivity contribution >= 4 is 21.8 Å². The second kappa shape index (κ2) is 8.32. The van der Waals surface area contributed by atoms with Gasteiger partial charge in [0.15, 0.2) is 0 Å². The fourth-order valence-electron chi connectivity index (χ4n) is 1.61. The normalized spacial score (nSPS) is 12.6. The lowest BCUT2D eigenvalue weighted by molar-refractivity contribution is 0.571. The molecule has 0 amide bonds. The first kappa shape index (κ1) is 17.1. The van der Waals surface area contributed by atoms with Gasteiger partial charge in [0.2, 0.25) is 10.0 Å². The summed E-state index contributed by atoms with van der Waals surface area (Å²) in [6, 6.07) is 6.56. The number of benzene rings is 1. The Hall–Kier alpha value is -1.00. The molecule has 0 radical (unpaired) electrons. The summed E-state index contributed by atoms with van der Waals surface area (Å²) in [7, 11) is -3.56. The van der Waals surface area contributed by atoms with Gasteiger partial charge in [-0.1, -0.05) is 30.9 Å². The highest BCUT2D eigenvalue weighted by molar-refractivity contribution is 7.99. The third-order valence-corrected chi connectivity index (χ3v) is 5.22. The second-order valence-electron chi connectivity index (χ2n) is 4.18. The molecule has 0 aliphatic carbocycles. The molecule has 1 rings (SSSR count). The predicted molar refractivity (Wildman–Crippen MR) is 85.2 cm³/mol. The fourth-order valence-corrected chi connectivity index (χ4v) is 3.79. The second-order valence-corrected chi connectivity index (χ2v) is 7.19. The van der Waals surface area contributed by atoms with E-state index >= 15 is 0 Å². The van der Waals surface area contributed by atoms with Crippen molar-refractivity contribution in [3.63, 3.8) is 0 Å². The highest BCUT2D eigenvalue weighted by Gasteiger charge is 2.19. The van der Waals surface area contributed by atoms with Crippen LogP contribution in [-0.4, -0.2) is 32.5 Å². The Morgan fingerprint density at radius 3 is 2.75 bits per heavy atom. The van der Waals surface area contributed by atoms with Gasteiger partial charge >= 0.3 is 0 Å². The number of sulfonamides is 1. The van der Waals surface area contributed by atoms with E-state index in [2.05, 4.69) is 16.6 Å². The van der Waals surface area contributed by atoms with Gasteiger partial charge in [0.1, 0.15) is 0 Å². The molecule has 0 heterocycles. The molecule has 3 N–H and O–H groups in total. The van der Waals surface area contributed by atoms with Gasteiger partial charge in [-0.25, -0.2) is 13.1 Å². The molecule has 0 aromatic heterocycles. The molecule has 0 bridgehead atoms. The maximum atomic E-state index is 12.4. The van der Waals surface area contributed by atoms with Crippen LogP contribution in [0.15, 0.2) is 29.2 Å². The minimum Gasteiger partial charge on any atom is -0.320 e. The van der Waals surface area contributed by atoms with Crippen LogP contribution in [-0.2, 0) is 10.0 Å². The molecule has 0 aliphatic rings. The molecule has 20 heavy (non-hydrogen) atoms. The van der Waals surface area contributed by atoms with Crippen LogP contribution in [0.2, 0.25) is 0 Å². The minimum atomic E-state index is -3.56. The molecule has 4 nitrogen and oxygen atoms in total. The molecular formula is C14H20N2O2S2. The highest BCUT2D eigenvalue weighted by Crippen LogP contribution is 2.15. The van der Waals surface area contributed by atoms with Crippen molar-refractivity contribution in [2.24, 2.45) is 5.73 Å². The van der Waals surface area contributed by atoms with Gasteiger partial charge in [0.05, 0.1) is 11.4 Å².